The van der Waals surface area contributed by atoms with Crippen molar-refractivity contribution in [3.8, 4) is 5.75 Å². The van der Waals surface area contributed by atoms with Gasteiger partial charge in [-0.3, -0.25) is 0 Å². The second-order valence-corrected chi connectivity index (χ2v) is 12.6. The van der Waals surface area contributed by atoms with Crippen molar-refractivity contribution in [2.24, 2.45) is 5.41 Å². The number of halogens is 11. The normalized spacial score (nSPS) is 20.8. The largest absolute Gasteiger partial charge is 0.496 e. The smallest absolute Gasteiger partial charge is 0.422 e. The lowest BCUT2D eigenvalue weighted by atomic mass is 9.72. The molecule has 1 heterocycles. The molecule has 1 fully saturated rings. The SMILES string of the molecule is C=C1CC(c2cc(C(F)(F)F)cc(C(F)(F)F)c2)C(C)N1CC1=C(c2cc(C(=C(F)F)C(F)(F)F)ccc2OC)CCC(C)(C)C1. The molecule has 1 saturated heterocycles. The van der Waals surface area contributed by atoms with Gasteiger partial charge in [0.25, 0.3) is 6.08 Å². The van der Waals surface area contributed by atoms with Crippen molar-refractivity contribution < 1.29 is 53.0 Å². The Morgan fingerprint density at radius 2 is 1.52 bits per heavy atom. The molecule has 0 spiro atoms. The minimum atomic E-state index is -5.33. The third kappa shape index (κ3) is 7.38. The van der Waals surface area contributed by atoms with Crippen LogP contribution in [0.5, 0.6) is 5.75 Å². The first-order valence-corrected chi connectivity index (χ1v) is 14.3. The Morgan fingerprint density at radius 3 is 2.02 bits per heavy atom. The summed E-state index contributed by atoms with van der Waals surface area (Å²) in [6, 6.07) is 4.00. The van der Waals surface area contributed by atoms with E-state index in [2.05, 4.69) is 6.58 Å². The quantitative estimate of drug-likeness (QED) is 0.284. The van der Waals surface area contributed by atoms with Crippen LogP contribution in [0.15, 0.2) is 60.3 Å². The van der Waals surface area contributed by atoms with Crippen molar-refractivity contribution in [1.29, 1.82) is 0 Å². The Hall–Kier alpha value is -3.51. The zero-order valence-corrected chi connectivity index (χ0v) is 25.4. The summed E-state index contributed by atoms with van der Waals surface area (Å²) < 4.78 is 155. The highest BCUT2D eigenvalue weighted by Crippen LogP contribution is 2.49. The van der Waals surface area contributed by atoms with E-state index in [4.69, 9.17) is 4.74 Å². The first kappa shape index (κ1) is 35.3. The lowest BCUT2D eigenvalue weighted by Gasteiger charge is -2.37. The molecule has 46 heavy (non-hydrogen) atoms. The third-order valence-corrected chi connectivity index (χ3v) is 8.79. The fourth-order valence-corrected chi connectivity index (χ4v) is 6.47. The second-order valence-electron chi connectivity index (χ2n) is 12.6. The van der Waals surface area contributed by atoms with Gasteiger partial charge in [-0.15, -0.1) is 0 Å². The molecular formula is C33H32F11NO. The van der Waals surface area contributed by atoms with Crippen LogP contribution in [-0.2, 0) is 12.4 Å². The molecule has 2 nitrogen and oxygen atoms in total. The van der Waals surface area contributed by atoms with Crippen LogP contribution in [-0.4, -0.2) is 30.8 Å². The zero-order valence-electron chi connectivity index (χ0n) is 25.4. The van der Waals surface area contributed by atoms with Crippen molar-refractivity contribution in [1.82, 2.24) is 4.90 Å². The number of alkyl halides is 9. The van der Waals surface area contributed by atoms with Crippen molar-refractivity contribution >= 4 is 11.1 Å². The van der Waals surface area contributed by atoms with Crippen LogP contribution < -0.4 is 4.74 Å². The lowest BCUT2D eigenvalue weighted by molar-refractivity contribution is -0.143. The molecule has 1 aliphatic heterocycles. The van der Waals surface area contributed by atoms with E-state index >= 15 is 0 Å². The fraction of sp³-hybridized carbons (Fsp3) is 0.455. The topological polar surface area (TPSA) is 12.5 Å². The second kappa shape index (κ2) is 12.3. The fourth-order valence-electron chi connectivity index (χ4n) is 6.47. The number of hydrogen-bond acceptors (Lipinski definition) is 2. The maximum absolute atomic E-state index is 13.6. The standard InChI is InChI=1S/C33H32F11NO/c1-17-10-25(20-11-22(31(36,37)38)14-23(12-20)32(39,40)41)18(2)45(17)16-21-15-30(3,4)9-8-24(21)26-13-19(6-7-27(26)46-5)28(29(34)35)33(42,43)44/h6-7,11-14,18,25H,1,8-10,15-16H2,2-5H3. The highest BCUT2D eigenvalue weighted by molar-refractivity contribution is 5.79. The van der Waals surface area contributed by atoms with E-state index in [0.717, 1.165) is 17.7 Å². The number of ether oxygens (including phenoxy) is 1. The van der Waals surface area contributed by atoms with Crippen LogP contribution >= 0.6 is 0 Å². The summed E-state index contributed by atoms with van der Waals surface area (Å²) in [4.78, 5) is 1.77. The van der Waals surface area contributed by atoms with Gasteiger partial charge >= 0.3 is 18.5 Å². The van der Waals surface area contributed by atoms with E-state index in [-0.39, 0.29) is 41.3 Å². The van der Waals surface area contributed by atoms with E-state index in [1.165, 1.54) is 13.2 Å². The minimum absolute atomic E-state index is 0.0695. The number of nitrogens with zero attached hydrogens (tertiary/aromatic N) is 1. The van der Waals surface area contributed by atoms with Gasteiger partial charge in [-0.1, -0.05) is 26.5 Å². The molecule has 2 aromatic carbocycles. The molecule has 1 aliphatic carbocycles. The highest BCUT2D eigenvalue weighted by atomic mass is 19.4. The number of hydrogen-bond donors (Lipinski definition) is 0. The van der Waals surface area contributed by atoms with Gasteiger partial charge in [0.2, 0.25) is 0 Å². The minimum Gasteiger partial charge on any atom is -0.496 e. The van der Waals surface area contributed by atoms with Crippen molar-refractivity contribution in [2.75, 3.05) is 13.7 Å². The van der Waals surface area contributed by atoms with Gasteiger partial charge in [-0.05, 0) is 90.6 Å². The summed E-state index contributed by atoms with van der Waals surface area (Å²) >= 11 is 0. The summed E-state index contributed by atoms with van der Waals surface area (Å²) in [7, 11) is 1.29. The molecule has 2 aliphatic rings. The molecule has 252 valence electrons. The Bertz CT molecular complexity index is 1520. The van der Waals surface area contributed by atoms with Gasteiger partial charge in [0.15, 0.2) is 0 Å². The average Bonchev–Trinajstić information content (AvgIpc) is 3.19. The molecule has 0 amide bonds. The van der Waals surface area contributed by atoms with E-state index in [1.54, 1.807) is 11.8 Å². The Labute approximate surface area is 259 Å². The van der Waals surface area contributed by atoms with Crippen LogP contribution in [0.4, 0.5) is 48.3 Å². The van der Waals surface area contributed by atoms with Crippen molar-refractivity contribution in [3.63, 3.8) is 0 Å². The summed E-state index contributed by atoms with van der Waals surface area (Å²) in [5, 5.41) is 0. The summed E-state index contributed by atoms with van der Waals surface area (Å²) in [6.07, 6.45) is -16.8. The van der Waals surface area contributed by atoms with Gasteiger partial charge in [-0.2, -0.15) is 48.3 Å². The van der Waals surface area contributed by atoms with E-state index in [9.17, 15) is 48.3 Å². The molecule has 0 saturated carbocycles. The molecule has 0 bridgehead atoms. The molecule has 2 unspecified atom stereocenters. The third-order valence-electron chi connectivity index (χ3n) is 8.79. The van der Waals surface area contributed by atoms with E-state index in [1.807, 2.05) is 13.8 Å². The highest BCUT2D eigenvalue weighted by Gasteiger charge is 2.42. The first-order valence-electron chi connectivity index (χ1n) is 14.3. The summed E-state index contributed by atoms with van der Waals surface area (Å²) in [5.41, 5.74) is -4.14. The molecule has 4 rings (SSSR count). The molecule has 0 aromatic heterocycles. The van der Waals surface area contributed by atoms with Crippen molar-refractivity contribution in [3.05, 3.63) is 88.1 Å². The maximum atomic E-state index is 13.6. The van der Waals surface area contributed by atoms with Gasteiger partial charge in [0, 0.05) is 29.8 Å². The molecule has 0 N–H and O–H groups in total. The van der Waals surface area contributed by atoms with Crippen LogP contribution in [0.3, 0.4) is 0 Å². The molecule has 0 radical (unpaired) electrons. The van der Waals surface area contributed by atoms with Crippen LogP contribution in [0.2, 0.25) is 0 Å². The Kier molecular flexibility index (Phi) is 9.42. The van der Waals surface area contributed by atoms with E-state index in [0.29, 0.717) is 42.7 Å². The maximum Gasteiger partial charge on any atom is 0.422 e. The number of likely N-dealkylation sites (tertiary alicyclic amines) is 1. The zero-order chi connectivity index (χ0) is 34.6. The van der Waals surface area contributed by atoms with Gasteiger partial charge in [-0.25, -0.2) is 0 Å². The number of benzene rings is 2. The number of allylic oxidation sites excluding steroid dienone is 3. The van der Waals surface area contributed by atoms with Crippen molar-refractivity contribution in [2.45, 2.75) is 76.9 Å². The lowest BCUT2D eigenvalue weighted by Crippen LogP contribution is -2.33. The van der Waals surface area contributed by atoms with E-state index < -0.39 is 58.8 Å². The van der Waals surface area contributed by atoms with Crippen LogP contribution in [0.25, 0.3) is 11.1 Å². The first-order chi connectivity index (χ1) is 21.0. The summed E-state index contributed by atoms with van der Waals surface area (Å²) in [6.45, 7) is 9.78. The van der Waals surface area contributed by atoms with Gasteiger partial charge in [0.1, 0.15) is 11.3 Å². The Balaban J connectivity index is 1.80. The average molecular weight is 668 g/mol. The molecular weight excluding hydrogens is 635 g/mol. The predicted molar refractivity (Wildman–Crippen MR) is 152 cm³/mol. The summed E-state index contributed by atoms with van der Waals surface area (Å²) in [5.74, 6) is -0.618. The number of rotatable bonds is 6. The van der Waals surface area contributed by atoms with Crippen LogP contribution in [0.1, 0.15) is 80.2 Å². The molecule has 13 heteroatoms. The monoisotopic (exact) mass is 667 g/mol. The predicted octanol–water partition coefficient (Wildman–Crippen LogP) is 11.3. The number of methoxy groups -OCH3 is 1. The Morgan fingerprint density at radius 1 is 0.935 bits per heavy atom. The van der Waals surface area contributed by atoms with Crippen LogP contribution in [0, 0.1) is 5.41 Å². The molecule has 2 aromatic rings. The van der Waals surface area contributed by atoms with Gasteiger partial charge < -0.3 is 9.64 Å². The molecule has 2 atom stereocenters. The van der Waals surface area contributed by atoms with Gasteiger partial charge in [0.05, 0.1) is 18.2 Å².